The second-order valence-corrected chi connectivity index (χ2v) is 9.44. The van der Waals surface area contributed by atoms with Crippen LogP contribution in [-0.2, 0) is 13.0 Å². The first-order valence-corrected chi connectivity index (χ1v) is 11.0. The number of benzene rings is 2. The van der Waals surface area contributed by atoms with Crippen LogP contribution < -0.4 is 19.7 Å². The maximum Gasteiger partial charge on any atom is 0.252 e. The van der Waals surface area contributed by atoms with E-state index in [0.717, 1.165) is 41.2 Å². The van der Waals surface area contributed by atoms with Gasteiger partial charge in [-0.25, -0.2) is 4.98 Å². The van der Waals surface area contributed by atoms with Gasteiger partial charge in [-0.05, 0) is 47.2 Å². The normalized spacial score (nSPS) is 13.6. The number of fused-ring (bicyclic) bond motifs is 2. The highest BCUT2D eigenvalue weighted by Crippen LogP contribution is 2.35. The molecule has 2 aromatic carbocycles. The summed E-state index contributed by atoms with van der Waals surface area (Å²) in [4.78, 5) is 20.2. The van der Waals surface area contributed by atoms with E-state index in [1.54, 1.807) is 14.2 Å². The number of carbonyl (C=O) groups excluding carboxylic acids is 1. The van der Waals surface area contributed by atoms with Crippen molar-refractivity contribution in [3.8, 4) is 11.5 Å². The molecular weight excluding hydrogens is 402 g/mol. The van der Waals surface area contributed by atoms with Gasteiger partial charge >= 0.3 is 0 Å². The molecular formula is C26H31N3O3. The van der Waals surface area contributed by atoms with Crippen LogP contribution in [-0.4, -0.2) is 38.2 Å². The fourth-order valence-corrected chi connectivity index (χ4v) is 4.03. The summed E-state index contributed by atoms with van der Waals surface area (Å²) < 4.78 is 10.9. The lowest BCUT2D eigenvalue weighted by atomic mass is 9.96. The summed E-state index contributed by atoms with van der Waals surface area (Å²) in [5.41, 5.74) is 3.93. The largest absolute Gasteiger partial charge is 0.493 e. The van der Waals surface area contributed by atoms with Crippen LogP contribution in [0.4, 0.5) is 5.82 Å². The maximum absolute atomic E-state index is 13.1. The first-order chi connectivity index (χ1) is 15.3. The summed E-state index contributed by atoms with van der Waals surface area (Å²) in [7, 11) is 3.31. The number of methoxy groups -OCH3 is 2. The molecule has 0 atom stereocenters. The van der Waals surface area contributed by atoms with E-state index in [-0.39, 0.29) is 11.3 Å². The van der Waals surface area contributed by atoms with Crippen LogP contribution in [0.2, 0.25) is 0 Å². The Bertz CT molecular complexity index is 1150. The number of aromatic nitrogens is 1. The summed E-state index contributed by atoms with van der Waals surface area (Å²) in [6.07, 6.45) is 0.871. The molecule has 168 valence electrons. The van der Waals surface area contributed by atoms with E-state index in [0.29, 0.717) is 18.7 Å². The van der Waals surface area contributed by atoms with E-state index in [2.05, 4.69) is 37.1 Å². The van der Waals surface area contributed by atoms with E-state index in [1.165, 1.54) is 11.1 Å². The van der Waals surface area contributed by atoms with Gasteiger partial charge in [0.15, 0.2) is 11.5 Å². The molecule has 0 saturated heterocycles. The number of amides is 1. The number of carbonyl (C=O) groups is 1. The van der Waals surface area contributed by atoms with Gasteiger partial charge in [0.1, 0.15) is 5.82 Å². The third-order valence-electron chi connectivity index (χ3n) is 5.77. The monoisotopic (exact) mass is 433 g/mol. The predicted molar refractivity (Wildman–Crippen MR) is 128 cm³/mol. The van der Waals surface area contributed by atoms with Crippen molar-refractivity contribution in [2.75, 3.05) is 32.2 Å². The molecule has 0 fully saturated rings. The average Bonchev–Trinajstić information content (AvgIpc) is 2.79. The zero-order chi connectivity index (χ0) is 22.9. The van der Waals surface area contributed by atoms with Crippen molar-refractivity contribution >= 4 is 22.6 Å². The maximum atomic E-state index is 13.1. The first kappa shape index (κ1) is 21.9. The van der Waals surface area contributed by atoms with Crippen LogP contribution in [0, 0.1) is 5.41 Å². The molecule has 1 aliphatic rings. The van der Waals surface area contributed by atoms with Gasteiger partial charge in [0, 0.05) is 25.0 Å². The highest BCUT2D eigenvalue weighted by atomic mass is 16.5. The SMILES string of the molecule is COc1cc2c(cc1OC)CN(c1cc(C(=O)NCC(C)(C)C)c3ccccc3n1)CC2. The average molecular weight is 434 g/mol. The molecule has 6 nitrogen and oxygen atoms in total. The Kier molecular flexibility index (Phi) is 5.96. The van der Waals surface area contributed by atoms with Gasteiger partial charge in [0.25, 0.3) is 5.91 Å². The Hall–Kier alpha value is -3.28. The van der Waals surface area contributed by atoms with E-state index in [9.17, 15) is 4.79 Å². The van der Waals surface area contributed by atoms with Crippen molar-refractivity contribution in [2.45, 2.75) is 33.7 Å². The van der Waals surface area contributed by atoms with Gasteiger partial charge in [-0.15, -0.1) is 0 Å². The van der Waals surface area contributed by atoms with E-state index in [1.807, 2.05) is 36.4 Å². The third-order valence-corrected chi connectivity index (χ3v) is 5.77. The van der Waals surface area contributed by atoms with Crippen molar-refractivity contribution < 1.29 is 14.3 Å². The zero-order valence-corrected chi connectivity index (χ0v) is 19.5. The number of nitrogens with one attached hydrogen (secondary N) is 1. The lowest BCUT2D eigenvalue weighted by Crippen LogP contribution is -2.33. The molecule has 1 N–H and O–H groups in total. The fourth-order valence-electron chi connectivity index (χ4n) is 4.03. The first-order valence-electron chi connectivity index (χ1n) is 11.0. The molecule has 0 bridgehead atoms. The number of nitrogens with zero attached hydrogens (tertiary/aromatic N) is 2. The lowest BCUT2D eigenvalue weighted by molar-refractivity contribution is 0.0941. The second kappa shape index (κ2) is 8.69. The van der Waals surface area contributed by atoms with Gasteiger partial charge in [0.2, 0.25) is 0 Å². The van der Waals surface area contributed by atoms with E-state index in [4.69, 9.17) is 14.5 Å². The van der Waals surface area contributed by atoms with Crippen LogP contribution in [0.1, 0.15) is 42.3 Å². The number of hydrogen-bond acceptors (Lipinski definition) is 5. The topological polar surface area (TPSA) is 63.7 Å². The Morgan fingerprint density at radius 1 is 1.06 bits per heavy atom. The minimum absolute atomic E-state index is 0.0119. The Balaban J connectivity index is 1.69. The highest BCUT2D eigenvalue weighted by molar-refractivity contribution is 6.07. The summed E-state index contributed by atoms with van der Waals surface area (Å²) in [6.45, 7) is 8.45. The molecule has 1 amide bonds. The molecule has 0 saturated carbocycles. The molecule has 3 aromatic rings. The molecule has 0 aliphatic carbocycles. The summed E-state index contributed by atoms with van der Waals surface area (Å²) in [5.74, 6) is 2.22. The van der Waals surface area contributed by atoms with Gasteiger partial charge in [-0.2, -0.15) is 0 Å². The van der Waals surface area contributed by atoms with Crippen LogP contribution in [0.25, 0.3) is 10.9 Å². The molecule has 0 spiro atoms. The molecule has 0 unspecified atom stereocenters. The van der Waals surface area contributed by atoms with Crippen LogP contribution in [0.3, 0.4) is 0 Å². The molecule has 2 heterocycles. The molecule has 4 rings (SSSR count). The summed E-state index contributed by atoms with van der Waals surface area (Å²) in [5, 5.41) is 3.96. The predicted octanol–water partition coefficient (Wildman–Crippen LogP) is 4.59. The number of pyridine rings is 1. The van der Waals surface area contributed by atoms with Crippen LogP contribution >= 0.6 is 0 Å². The molecule has 0 radical (unpaired) electrons. The number of anilines is 1. The summed E-state index contributed by atoms with van der Waals surface area (Å²) in [6, 6.07) is 13.8. The third kappa shape index (κ3) is 4.49. The standard InChI is InChI=1S/C26H31N3O3/c1-26(2,3)16-27-25(30)20-14-24(28-21-9-7-6-8-19(20)21)29-11-10-17-12-22(31-4)23(32-5)13-18(17)15-29/h6-9,12-14H,10-11,15-16H2,1-5H3,(H,27,30). The number of ether oxygens (including phenoxy) is 2. The lowest BCUT2D eigenvalue weighted by Gasteiger charge is -2.31. The molecule has 32 heavy (non-hydrogen) atoms. The Morgan fingerprint density at radius 2 is 1.75 bits per heavy atom. The minimum atomic E-state index is -0.0661. The van der Waals surface area contributed by atoms with E-state index >= 15 is 0 Å². The number of rotatable bonds is 5. The second-order valence-electron chi connectivity index (χ2n) is 9.44. The zero-order valence-electron chi connectivity index (χ0n) is 19.5. The molecule has 1 aromatic heterocycles. The van der Waals surface area contributed by atoms with Gasteiger partial charge in [-0.1, -0.05) is 39.0 Å². The summed E-state index contributed by atoms with van der Waals surface area (Å²) >= 11 is 0. The Morgan fingerprint density at radius 3 is 2.44 bits per heavy atom. The van der Waals surface area contributed by atoms with Crippen molar-refractivity contribution in [1.29, 1.82) is 0 Å². The van der Waals surface area contributed by atoms with Crippen molar-refractivity contribution in [1.82, 2.24) is 10.3 Å². The van der Waals surface area contributed by atoms with Gasteiger partial charge < -0.3 is 19.7 Å². The number of para-hydroxylation sites is 1. The van der Waals surface area contributed by atoms with Gasteiger partial charge in [0.05, 0.1) is 25.3 Å². The minimum Gasteiger partial charge on any atom is -0.493 e. The van der Waals surface area contributed by atoms with Crippen molar-refractivity contribution in [2.24, 2.45) is 5.41 Å². The smallest absolute Gasteiger partial charge is 0.252 e. The van der Waals surface area contributed by atoms with E-state index < -0.39 is 0 Å². The van der Waals surface area contributed by atoms with Gasteiger partial charge in [-0.3, -0.25) is 4.79 Å². The fraction of sp³-hybridized carbons (Fsp3) is 0.385. The van der Waals surface area contributed by atoms with Crippen molar-refractivity contribution in [3.05, 3.63) is 59.2 Å². The van der Waals surface area contributed by atoms with Crippen LogP contribution in [0.5, 0.6) is 11.5 Å². The highest BCUT2D eigenvalue weighted by Gasteiger charge is 2.23. The number of hydrogen-bond donors (Lipinski definition) is 1. The quantitative estimate of drug-likeness (QED) is 0.638. The van der Waals surface area contributed by atoms with Crippen molar-refractivity contribution in [3.63, 3.8) is 0 Å². The Labute approximate surface area is 189 Å². The van der Waals surface area contributed by atoms with Crippen LogP contribution in [0.15, 0.2) is 42.5 Å². The molecule has 1 aliphatic heterocycles. The molecule has 6 heteroatoms.